The molecule has 2 heterocycles. The Morgan fingerprint density at radius 1 is 1.37 bits per heavy atom. The largest absolute Gasteiger partial charge is 0.336 e. The molecule has 1 saturated heterocycles. The van der Waals surface area contributed by atoms with E-state index in [4.69, 9.17) is 5.10 Å². The van der Waals surface area contributed by atoms with Crippen molar-refractivity contribution in [2.24, 2.45) is 0 Å². The monoisotopic (exact) mass is 404 g/mol. The molecule has 3 rings (SSSR count). The standard InChI is InChI=1S/C22H30N3O.Cr/c1-5-17(4)20-14-19(6-2)25(23-20)15-22(26)24-12-8-11-21(24)18-10-7-9-16(3)13-18;/h7,9-10,14,17,21H,5-6,8,11-12,15H2,1-4H3;/q-1;. The maximum atomic E-state index is 13.1. The molecule has 146 valence electrons. The average molecular weight is 404 g/mol. The molecule has 0 spiro atoms. The molecule has 0 bridgehead atoms. The average Bonchev–Trinajstić information content (AvgIpc) is 3.28. The number of rotatable bonds is 6. The number of nitrogens with zero attached hydrogens (tertiary/aromatic N) is 3. The van der Waals surface area contributed by atoms with Gasteiger partial charge in [0.2, 0.25) is 5.91 Å². The zero-order valence-corrected chi connectivity index (χ0v) is 18.1. The minimum Gasteiger partial charge on any atom is -0.336 e. The summed E-state index contributed by atoms with van der Waals surface area (Å²) >= 11 is 0. The third-order valence-electron chi connectivity index (χ3n) is 5.54. The molecule has 2 atom stereocenters. The van der Waals surface area contributed by atoms with Crippen molar-refractivity contribution in [3.05, 3.63) is 52.8 Å². The van der Waals surface area contributed by atoms with Crippen LogP contribution in [0.5, 0.6) is 0 Å². The summed E-state index contributed by atoms with van der Waals surface area (Å²) in [5, 5.41) is 4.74. The Morgan fingerprint density at radius 3 is 2.81 bits per heavy atom. The minimum absolute atomic E-state index is 0. The zero-order valence-electron chi connectivity index (χ0n) is 16.9. The molecule has 1 aromatic carbocycles. The number of aromatic nitrogens is 2. The Morgan fingerprint density at radius 2 is 2.15 bits per heavy atom. The van der Waals surface area contributed by atoms with E-state index < -0.39 is 0 Å². The van der Waals surface area contributed by atoms with Gasteiger partial charge in [-0.25, -0.2) is 0 Å². The van der Waals surface area contributed by atoms with Crippen LogP contribution in [-0.4, -0.2) is 27.1 Å². The van der Waals surface area contributed by atoms with E-state index in [1.807, 2.05) is 9.58 Å². The first-order chi connectivity index (χ1) is 12.5. The summed E-state index contributed by atoms with van der Waals surface area (Å²) in [5.41, 5.74) is 4.50. The van der Waals surface area contributed by atoms with Crippen molar-refractivity contribution in [3.63, 3.8) is 0 Å². The van der Waals surface area contributed by atoms with E-state index in [2.05, 4.69) is 58.0 Å². The van der Waals surface area contributed by atoms with Crippen LogP contribution in [0.15, 0.2) is 24.3 Å². The van der Waals surface area contributed by atoms with Crippen LogP contribution in [0.4, 0.5) is 0 Å². The van der Waals surface area contributed by atoms with Crippen molar-refractivity contribution in [2.45, 2.75) is 71.9 Å². The van der Waals surface area contributed by atoms with Gasteiger partial charge in [0, 0.05) is 35.6 Å². The van der Waals surface area contributed by atoms with E-state index >= 15 is 0 Å². The van der Waals surface area contributed by atoms with Gasteiger partial charge in [-0.3, -0.25) is 9.48 Å². The van der Waals surface area contributed by atoms with Gasteiger partial charge >= 0.3 is 0 Å². The second kappa shape index (κ2) is 9.57. The number of likely N-dealkylation sites (tertiary alicyclic amines) is 1. The number of hydrogen-bond donors (Lipinski definition) is 0. The maximum absolute atomic E-state index is 13.1. The molecule has 0 saturated carbocycles. The van der Waals surface area contributed by atoms with Crippen molar-refractivity contribution in [3.8, 4) is 0 Å². The van der Waals surface area contributed by atoms with Crippen LogP contribution in [0.2, 0.25) is 0 Å². The first kappa shape index (κ1) is 21.7. The van der Waals surface area contributed by atoms with Crippen molar-refractivity contribution in [1.82, 2.24) is 14.7 Å². The van der Waals surface area contributed by atoms with Crippen LogP contribution in [0.25, 0.3) is 0 Å². The molecule has 2 unspecified atom stereocenters. The molecule has 0 aliphatic carbocycles. The second-order valence-corrected chi connectivity index (χ2v) is 7.42. The number of aryl methyl sites for hydroxylation is 2. The Bertz CT molecular complexity index is 771. The van der Waals surface area contributed by atoms with Crippen LogP contribution in [0.1, 0.15) is 74.5 Å². The van der Waals surface area contributed by atoms with Crippen LogP contribution in [0, 0.1) is 13.0 Å². The summed E-state index contributed by atoms with van der Waals surface area (Å²) in [5.74, 6) is 0.592. The molecule has 1 aromatic heterocycles. The molecule has 0 N–H and O–H groups in total. The number of amides is 1. The summed E-state index contributed by atoms with van der Waals surface area (Å²) in [7, 11) is 0. The third-order valence-corrected chi connectivity index (χ3v) is 5.54. The van der Waals surface area contributed by atoms with Gasteiger partial charge in [0.15, 0.2) is 0 Å². The topological polar surface area (TPSA) is 38.1 Å². The van der Waals surface area contributed by atoms with E-state index in [9.17, 15) is 4.79 Å². The van der Waals surface area contributed by atoms with Gasteiger partial charge in [0.1, 0.15) is 6.54 Å². The van der Waals surface area contributed by atoms with Gasteiger partial charge in [-0.15, -0.1) is 5.56 Å². The molecule has 0 radical (unpaired) electrons. The fourth-order valence-electron chi connectivity index (χ4n) is 3.76. The Kier molecular flexibility index (Phi) is 7.71. The van der Waals surface area contributed by atoms with Crippen LogP contribution < -0.4 is 0 Å². The van der Waals surface area contributed by atoms with E-state index in [1.165, 1.54) is 0 Å². The Balaban J connectivity index is 0.00000261. The third kappa shape index (κ3) is 4.83. The summed E-state index contributed by atoms with van der Waals surface area (Å²) in [4.78, 5) is 15.1. The quantitative estimate of drug-likeness (QED) is 0.668. The second-order valence-electron chi connectivity index (χ2n) is 7.42. The van der Waals surface area contributed by atoms with Crippen molar-refractivity contribution in [2.75, 3.05) is 6.54 Å². The summed E-state index contributed by atoms with van der Waals surface area (Å²) in [6, 6.07) is 12.0. The molecular weight excluding hydrogens is 374 g/mol. The summed E-state index contributed by atoms with van der Waals surface area (Å²) in [6.07, 6.45) is 4.02. The first-order valence-electron chi connectivity index (χ1n) is 9.88. The molecule has 1 fully saturated rings. The van der Waals surface area contributed by atoms with Gasteiger partial charge in [-0.05, 0) is 37.7 Å². The number of hydrogen-bond acceptors (Lipinski definition) is 2. The van der Waals surface area contributed by atoms with Gasteiger partial charge < -0.3 is 4.90 Å². The van der Waals surface area contributed by atoms with Crippen molar-refractivity contribution < 1.29 is 22.2 Å². The fraction of sp³-hybridized carbons (Fsp3) is 0.545. The van der Waals surface area contributed by atoms with E-state index in [0.29, 0.717) is 12.5 Å². The molecule has 5 heteroatoms. The molecule has 4 nitrogen and oxygen atoms in total. The summed E-state index contributed by atoms with van der Waals surface area (Å²) < 4.78 is 1.92. The summed E-state index contributed by atoms with van der Waals surface area (Å²) in [6.45, 7) is 9.71. The van der Waals surface area contributed by atoms with Gasteiger partial charge in [-0.2, -0.15) is 34.9 Å². The minimum atomic E-state index is 0. The van der Waals surface area contributed by atoms with Crippen molar-refractivity contribution >= 4 is 5.91 Å². The fourth-order valence-corrected chi connectivity index (χ4v) is 3.76. The zero-order chi connectivity index (χ0) is 18.7. The maximum Gasteiger partial charge on any atom is 0.244 e. The molecule has 1 aliphatic heterocycles. The Hall–Kier alpha value is -1.57. The molecule has 1 amide bonds. The number of carbonyl (C=O) groups excluding carboxylic acids is 1. The van der Waals surface area contributed by atoms with E-state index in [1.54, 1.807) is 0 Å². The van der Waals surface area contributed by atoms with E-state index in [-0.39, 0.29) is 29.3 Å². The number of benzene rings is 1. The van der Waals surface area contributed by atoms with Gasteiger partial charge in [0.25, 0.3) is 0 Å². The van der Waals surface area contributed by atoms with Crippen LogP contribution >= 0.6 is 0 Å². The van der Waals surface area contributed by atoms with Crippen LogP contribution in [-0.2, 0) is 35.1 Å². The normalized spacial score (nSPS) is 17.6. The van der Waals surface area contributed by atoms with Crippen molar-refractivity contribution in [1.29, 1.82) is 0 Å². The Labute approximate surface area is 174 Å². The smallest absolute Gasteiger partial charge is 0.244 e. The first-order valence-corrected chi connectivity index (χ1v) is 9.88. The molecular formula is C22H30CrN3O-. The number of carbonyl (C=O) groups is 1. The van der Waals surface area contributed by atoms with Gasteiger partial charge in [0.05, 0.1) is 5.69 Å². The predicted octanol–water partition coefficient (Wildman–Crippen LogP) is 4.43. The van der Waals surface area contributed by atoms with Crippen LogP contribution in [0.3, 0.4) is 0 Å². The molecule has 2 aromatic rings. The SMILES string of the molecule is CCc1cc(C(C)CC)nn1CC(=O)N1CCCC1c1[c-]c(C)ccc1.[Cr]. The van der Waals surface area contributed by atoms with E-state index in [0.717, 1.165) is 54.7 Å². The van der Waals surface area contributed by atoms with Gasteiger partial charge in [-0.1, -0.05) is 27.7 Å². The predicted molar refractivity (Wildman–Crippen MR) is 104 cm³/mol. The molecule has 1 aliphatic rings. The molecule has 27 heavy (non-hydrogen) atoms.